The first-order valence-electron chi connectivity index (χ1n) is 9.85. The van der Waals surface area contributed by atoms with Gasteiger partial charge < -0.3 is 0 Å². The number of aryl methyl sites for hydroxylation is 1. The van der Waals surface area contributed by atoms with Crippen LogP contribution in [0, 0.1) is 17.3 Å². The number of nitrogens with one attached hydrogen (secondary N) is 1. The largest absolute Gasteiger partial charge is 0.357 e. The number of rotatable bonds is 4. The Morgan fingerprint density at radius 3 is 2.81 bits per heavy atom. The van der Waals surface area contributed by atoms with Crippen molar-refractivity contribution >= 4 is 21.8 Å². The summed E-state index contributed by atoms with van der Waals surface area (Å²) in [6.07, 6.45) is 7.83. The number of Topliss-reactive ketones (excluding diaryl/α,β-unsaturated/α-hetero) is 1. The van der Waals surface area contributed by atoms with E-state index >= 15 is 0 Å². The highest BCUT2D eigenvalue weighted by atomic mass is 32.2. The third-order valence-electron chi connectivity index (χ3n) is 7.18. The number of carbonyl (C=O) groups excluding carboxylic acids is 1. The topological polar surface area (TPSA) is 83.5 Å². The molecule has 5 nitrogen and oxygen atoms in total. The van der Waals surface area contributed by atoms with Crippen molar-refractivity contribution in [2.75, 3.05) is 4.72 Å². The van der Waals surface area contributed by atoms with Gasteiger partial charge in [-0.1, -0.05) is 26.0 Å². The number of fused-ring (bicyclic) bond motifs is 5. The van der Waals surface area contributed by atoms with Gasteiger partial charge in [0.15, 0.2) is 5.78 Å². The average molecular weight is 390 g/mol. The van der Waals surface area contributed by atoms with Gasteiger partial charge in [0, 0.05) is 6.42 Å². The summed E-state index contributed by atoms with van der Waals surface area (Å²) in [5, 5.41) is 0. The monoisotopic (exact) mass is 389 g/mol. The van der Waals surface area contributed by atoms with E-state index in [1.807, 2.05) is 19.1 Å². The summed E-state index contributed by atoms with van der Waals surface area (Å²) in [6.45, 7) is 4.23. The molecule has 0 spiro atoms. The summed E-state index contributed by atoms with van der Waals surface area (Å²) in [5.41, 5.74) is 3.97. The molecule has 0 aromatic heterocycles. The van der Waals surface area contributed by atoms with Crippen LogP contribution in [-0.2, 0) is 21.5 Å². The highest BCUT2D eigenvalue weighted by Crippen LogP contribution is 2.61. The molecular weight excluding hydrogens is 362 g/mol. The summed E-state index contributed by atoms with van der Waals surface area (Å²) in [6, 6.07) is 5.61. The van der Waals surface area contributed by atoms with Crippen LogP contribution in [0.3, 0.4) is 0 Å². The van der Waals surface area contributed by atoms with E-state index in [9.17, 15) is 13.2 Å². The minimum absolute atomic E-state index is 0.0121. The molecule has 0 heterocycles. The zero-order valence-corrected chi connectivity index (χ0v) is 16.7. The zero-order chi connectivity index (χ0) is 19.4. The van der Waals surface area contributed by atoms with E-state index in [0.717, 1.165) is 37.7 Å². The van der Waals surface area contributed by atoms with Crippen LogP contribution in [0.25, 0.3) is 0 Å². The van der Waals surface area contributed by atoms with Crippen LogP contribution < -0.4 is 4.72 Å². The molecule has 1 aromatic rings. The molecule has 4 rings (SSSR count). The van der Waals surface area contributed by atoms with Crippen LogP contribution in [0.15, 0.2) is 29.8 Å². The summed E-state index contributed by atoms with van der Waals surface area (Å²) in [7, 11) is -4.25. The van der Waals surface area contributed by atoms with E-state index in [0.29, 0.717) is 35.6 Å². The van der Waals surface area contributed by atoms with Gasteiger partial charge in [-0.15, -0.1) is 0 Å². The molecule has 0 unspecified atom stereocenters. The van der Waals surface area contributed by atoms with Crippen LogP contribution in [0.5, 0.6) is 0 Å². The molecule has 3 aliphatic carbocycles. The third-order valence-corrected chi connectivity index (χ3v) is 7.67. The van der Waals surface area contributed by atoms with Crippen molar-refractivity contribution in [3.8, 4) is 0 Å². The van der Waals surface area contributed by atoms with Crippen molar-refractivity contribution in [2.45, 2.75) is 58.3 Å². The second-order valence-electron chi connectivity index (χ2n) is 8.49. The van der Waals surface area contributed by atoms with Crippen molar-refractivity contribution < 1.29 is 17.8 Å². The molecule has 0 saturated heterocycles. The highest BCUT2D eigenvalue weighted by molar-refractivity contribution is 7.87. The number of hydrogen-bond acceptors (Lipinski definition) is 3. The maximum absolute atomic E-state index is 12.4. The number of anilines is 1. The van der Waals surface area contributed by atoms with Crippen molar-refractivity contribution in [1.82, 2.24) is 0 Å². The van der Waals surface area contributed by atoms with E-state index in [2.05, 4.69) is 17.7 Å². The number of hydrogen-bond donors (Lipinski definition) is 2. The lowest BCUT2D eigenvalue weighted by molar-refractivity contribution is -0.117. The third kappa shape index (κ3) is 3.13. The fraction of sp³-hybridized carbons (Fsp3) is 0.571. The van der Waals surface area contributed by atoms with E-state index < -0.39 is 10.3 Å². The molecule has 0 radical (unpaired) electrons. The second-order valence-corrected chi connectivity index (χ2v) is 9.65. The Hall–Kier alpha value is -1.66. The standard InChI is InChI=1S/C21H27NO4S/c1-3-20(23)19-9-8-18-17-6-4-13-12-14(22-27(24,25)26)5-7-15(13)16(17)10-11-21(18,19)2/h5,7,9,12,16-18,22H,3-4,6,8,10-11H2,1-2H3,(H,24,25,26)/t16-,17-,18+,21+/m1/s1. The van der Waals surface area contributed by atoms with Crippen molar-refractivity contribution in [1.29, 1.82) is 0 Å². The van der Waals surface area contributed by atoms with Gasteiger partial charge in [-0.3, -0.25) is 14.1 Å². The molecule has 27 heavy (non-hydrogen) atoms. The van der Waals surface area contributed by atoms with Gasteiger partial charge in [0.1, 0.15) is 0 Å². The van der Waals surface area contributed by atoms with Gasteiger partial charge in [-0.2, -0.15) is 8.42 Å². The van der Waals surface area contributed by atoms with Crippen LogP contribution in [0.4, 0.5) is 5.69 Å². The Morgan fingerprint density at radius 2 is 2.11 bits per heavy atom. The van der Waals surface area contributed by atoms with Crippen LogP contribution in [-0.4, -0.2) is 18.8 Å². The molecule has 146 valence electrons. The zero-order valence-electron chi connectivity index (χ0n) is 15.9. The van der Waals surface area contributed by atoms with Crippen LogP contribution in [0.2, 0.25) is 0 Å². The summed E-state index contributed by atoms with van der Waals surface area (Å²) < 4.78 is 33.3. The normalized spacial score (nSPS) is 32.1. The molecule has 0 bridgehead atoms. The first kappa shape index (κ1) is 18.7. The Balaban J connectivity index is 1.61. The Kier molecular flexibility index (Phi) is 4.47. The SMILES string of the molecule is CCC(=O)C1=CC[C@H]2[C@@H]3CCc4cc(NS(=O)(=O)O)ccc4[C@H]3CC[C@]12C. The van der Waals surface area contributed by atoms with Gasteiger partial charge in [-0.05, 0) is 84.1 Å². The minimum Gasteiger partial charge on any atom is -0.295 e. The molecule has 0 aliphatic heterocycles. The quantitative estimate of drug-likeness (QED) is 0.753. The smallest absolute Gasteiger partial charge is 0.295 e. The van der Waals surface area contributed by atoms with Gasteiger partial charge >= 0.3 is 10.3 Å². The molecule has 3 aliphatic rings. The van der Waals surface area contributed by atoms with Crippen molar-refractivity contribution in [2.24, 2.45) is 17.3 Å². The summed E-state index contributed by atoms with van der Waals surface area (Å²) >= 11 is 0. The van der Waals surface area contributed by atoms with E-state index in [-0.39, 0.29) is 5.41 Å². The number of ketones is 1. The number of benzene rings is 1. The second kappa shape index (κ2) is 6.45. The first-order valence-corrected chi connectivity index (χ1v) is 11.3. The van der Waals surface area contributed by atoms with Gasteiger partial charge in [-0.25, -0.2) is 0 Å². The molecule has 1 fully saturated rings. The molecule has 0 amide bonds. The van der Waals surface area contributed by atoms with E-state index in [1.54, 1.807) is 6.07 Å². The number of carbonyl (C=O) groups is 1. The van der Waals surface area contributed by atoms with Gasteiger partial charge in [0.25, 0.3) is 0 Å². The van der Waals surface area contributed by atoms with Gasteiger partial charge in [0.2, 0.25) is 0 Å². The Morgan fingerprint density at radius 1 is 1.33 bits per heavy atom. The fourth-order valence-electron chi connectivity index (χ4n) is 5.98. The highest BCUT2D eigenvalue weighted by Gasteiger charge is 2.52. The van der Waals surface area contributed by atoms with Crippen molar-refractivity contribution in [3.63, 3.8) is 0 Å². The molecular formula is C21H27NO4S. The molecule has 4 atom stereocenters. The maximum atomic E-state index is 12.4. The minimum atomic E-state index is -4.25. The van der Waals surface area contributed by atoms with Crippen molar-refractivity contribution in [3.05, 3.63) is 41.0 Å². The van der Waals surface area contributed by atoms with Gasteiger partial charge in [0.05, 0.1) is 5.69 Å². The fourth-order valence-corrected chi connectivity index (χ4v) is 6.41. The lowest BCUT2D eigenvalue weighted by Crippen LogP contribution is -2.42. The lowest BCUT2D eigenvalue weighted by Gasteiger charge is -2.50. The van der Waals surface area contributed by atoms with Crippen LogP contribution in [0.1, 0.15) is 63.0 Å². The molecule has 6 heteroatoms. The summed E-state index contributed by atoms with van der Waals surface area (Å²) in [5.74, 6) is 1.85. The Labute approximate surface area is 161 Å². The lowest BCUT2D eigenvalue weighted by atomic mass is 9.54. The first-order chi connectivity index (χ1) is 12.7. The Bertz CT molecular complexity index is 920. The molecule has 1 saturated carbocycles. The predicted octanol–water partition coefficient (Wildman–Crippen LogP) is 4.27. The molecule has 1 aromatic carbocycles. The number of allylic oxidation sites excluding steroid dienone is 2. The summed E-state index contributed by atoms with van der Waals surface area (Å²) in [4.78, 5) is 12.4. The average Bonchev–Trinajstić information content (AvgIpc) is 2.96. The molecule has 2 N–H and O–H groups in total. The van der Waals surface area contributed by atoms with Crippen LogP contribution >= 0.6 is 0 Å². The maximum Gasteiger partial charge on any atom is 0.357 e. The predicted molar refractivity (Wildman–Crippen MR) is 105 cm³/mol. The van der Waals surface area contributed by atoms with E-state index in [4.69, 9.17) is 4.55 Å². The van der Waals surface area contributed by atoms with E-state index in [1.165, 1.54) is 11.1 Å².